The molecule has 0 aliphatic carbocycles. The lowest BCUT2D eigenvalue weighted by molar-refractivity contribution is 0.141. The van der Waals surface area contributed by atoms with Crippen LogP contribution < -0.4 is 0 Å². The predicted molar refractivity (Wildman–Crippen MR) is 40.5 cm³/mol. The third kappa shape index (κ3) is 0.979. The van der Waals surface area contributed by atoms with E-state index in [1.807, 2.05) is 0 Å². The standard InChI is InChI=1S/C6H9NO4S/c1-7-4-2-12(9,10)3-5(4)11-6(7)8/h4-5H,2-3H2,1H3/t4-,5+/m0/s1. The average Bonchev–Trinajstić information content (AvgIpc) is 2.33. The average molecular weight is 191 g/mol. The molecule has 1 amide bonds. The third-order valence-electron chi connectivity index (χ3n) is 2.31. The first-order chi connectivity index (χ1) is 5.49. The molecule has 6 heteroatoms. The van der Waals surface area contributed by atoms with Crippen molar-refractivity contribution in [3.05, 3.63) is 0 Å². The van der Waals surface area contributed by atoms with E-state index >= 15 is 0 Å². The number of nitrogens with zero attached hydrogens (tertiary/aromatic N) is 1. The van der Waals surface area contributed by atoms with Crippen LogP contribution in [0, 0.1) is 0 Å². The van der Waals surface area contributed by atoms with Crippen molar-refractivity contribution in [3.63, 3.8) is 0 Å². The summed E-state index contributed by atoms with van der Waals surface area (Å²) in [6, 6.07) is -0.262. The zero-order valence-corrected chi connectivity index (χ0v) is 7.37. The van der Waals surface area contributed by atoms with Crippen molar-refractivity contribution >= 4 is 15.9 Å². The molecule has 68 valence electrons. The quantitative estimate of drug-likeness (QED) is 0.504. The number of fused-ring (bicyclic) bond motifs is 1. The van der Waals surface area contributed by atoms with Gasteiger partial charge < -0.3 is 9.64 Å². The Morgan fingerprint density at radius 2 is 2.17 bits per heavy atom. The van der Waals surface area contributed by atoms with Crippen molar-refractivity contribution < 1.29 is 17.9 Å². The summed E-state index contributed by atoms with van der Waals surface area (Å²) in [5, 5.41) is 0. The van der Waals surface area contributed by atoms with E-state index in [2.05, 4.69) is 0 Å². The second-order valence-corrected chi connectivity index (χ2v) is 5.33. The fourth-order valence-corrected chi connectivity index (χ4v) is 3.50. The van der Waals surface area contributed by atoms with Gasteiger partial charge in [-0.1, -0.05) is 0 Å². The van der Waals surface area contributed by atoms with E-state index in [9.17, 15) is 13.2 Å². The van der Waals surface area contributed by atoms with Crippen LogP contribution in [0.1, 0.15) is 0 Å². The summed E-state index contributed by atoms with van der Waals surface area (Å²) in [5.74, 6) is 0.0215. The van der Waals surface area contributed by atoms with Crippen LogP contribution in [-0.2, 0) is 14.6 Å². The second-order valence-electron chi connectivity index (χ2n) is 3.18. The van der Waals surface area contributed by atoms with E-state index in [0.717, 1.165) is 0 Å². The molecular formula is C6H9NO4S. The van der Waals surface area contributed by atoms with Crippen molar-refractivity contribution in [1.29, 1.82) is 0 Å². The smallest absolute Gasteiger partial charge is 0.410 e. The van der Waals surface area contributed by atoms with E-state index in [-0.39, 0.29) is 17.5 Å². The van der Waals surface area contributed by atoms with Crippen LogP contribution in [0.25, 0.3) is 0 Å². The highest BCUT2D eigenvalue weighted by Crippen LogP contribution is 2.26. The highest BCUT2D eigenvalue weighted by molar-refractivity contribution is 7.91. The fourth-order valence-electron chi connectivity index (χ4n) is 1.62. The summed E-state index contributed by atoms with van der Waals surface area (Å²) in [4.78, 5) is 12.3. The SMILES string of the molecule is CN1C(=O)O[C@@H]2CS(=O)(=O)C[C@@H]21. The molecule has 0 radical (unpaired) electrons. The Kier molecular flexibility index (Phi) is 1.39. The molecular weight excluding hydrogens is 182 g/mol. The summed E-state index contributed by atoms with van der Waals surface area (Å²) in [7, 11) is -1.42. The number of rotatable bonds is 0. The van der Waals surface area contributed by atoms with Crippen molar-refractivity contribution in [2.24, 2.45) is 0 Å². The zero-order chi connectivity index (χ0) is 8.93. The molecule has 0 aromatic carbocycles. The zero-order valence-electron chi connectivity index (χ0n) is 6.56. The molecule has 12 heavy (non-hydrogen) atoms. The lowest BCUT2D eigenvalue weighted by Crippen LogP contribution is -2.33. The minimum absolute atomic E-state index is 0.0201. The van der Waals surface area contributed by atoms with Gasteiger partial charge in [-0.15, -0.1) is 0 Å². The number of carbonyl (C=O) groups excluding carboxylic acids is 1. The topological polar surface area (TPSA) is 63.7 Å². The predicted octanol–water partition coefficient (Wildman–Crippen LogP) is -0.766. The minimum atomic E-state index is -2.98. The Morgan fingerprint density at radius 3 is 2.75 bits per heavy atom. The van der Waals surface area contributed by atoms with Gasteiger partial charge in [0.25, 0.3) is 0 Å². The minimum Gasteiger partial charge on any atom is -0.443 e. The summed E-state index contributed by atoms with van der Waals surface area (Å²) in [5.41, 5.74) is 0. The molecule has 0 unspecified atom stereocenters. The largest absolute Gasteiger partial charge is 0.443 e. The van der Waals surface area contributed by atoms with Crippen LogP contribution in [0.3, 0.4) is 0 Å². The number of hydrogen-bond donors (Lipinski definition) is 0. The first kappa shape index (κ1) is 7.85. The first-order valence-electron chi connectivity index (χ1n) is 3.63. The molecule has 2 atom stereocenters. The van der Waals surface area contributed by atoms with Crippen LogP contribution >= 0.6 is 0 Å². The molecule has 0 spiro atoms. The third-order valence-corrected chi connectivity index (χ3v) is 4.00. The number of hydrogen-bond acceptors (Lipinski definition) is 4. The summed E-state index contributed by atoms with van der Waals surface area (Å²) < 4.78 is 27.0. The molecule has 2 heterocycles. The number of ether oxygens (including phenoxy) is 1. The number of sulfone groups is 1. The molecule has 2 aliphatic heterocycles. The highest BCUT2D eigenvalue weighted by atomic mass is 32.2. The van der Waals surface area contributed by atoms with E-state index < -0.39 is 22.0 Å². The van der Waals surface area contributed by atoms with Crippen LogP contribution in [-0.4, -0.2) is 50.1 Å². The molecule has 2 saturated heterocycles. The first-order valence-corrected chi connectivity index (χ1v) is 5.45. The van der Waals surface area contributed by atoms with E-state index in [1.165, 1.54) is 4.90 Å². The number of amides is 1. The van der Waals surface area contributed by atoms with Gasteiger partial charge in [0.05, 0.1) is 17.5 Å². The Balaban J connectivity index is 2.27. The summed E-state index contributed by atoms with van der Waals surface area (Å²) >= 11 is 0. The van der Waals surface area contributed by atoms with Crippen LogP contribution in [0.5, 0.6) is 0 Å². The normalized spacial score (nSPS) is 38.1. The van der Waals surface area contributed by atoms with Crippen molar-refractivity contribution in [2.75, 3.05) is 18.6 Å². The lowest BCUT2D eigenvalue weighted by atomic mass is 10.2. The number of likely N-dealkylation sites (N-methyl/N-ethyl adjacent to an activating group) is 1. The van der Waals surface area contributed by atoms with Gasteiger partial charge >= 0.3 is 6.09 Å². The molecule has 0 aromatic heterocycles. The molecule has 0 N–H and O–H groups in total. The molecule has 0 bridgehead atoms. The van der Waals surface area contributed by atoms with Gasteiger partial charge in [0.1, 0.15) is 6.10 Å². The highest BCUT2D eigenvalue weighted by Gasteiger charge is 2.49. The van der Waals surface area contributed by atoms with Gasteiger partial charge in [-0.3, -0.25) is 0 Å². The molecule has 0 aromatic rings. The Bertz CT molecular complexity index is 322. The van der Waals surface area contributed by atoms with Gasteiger partial charge in [0, 0.05) is 7.05 Å². The fraction of sp³-hybridized carbons (Fsp3) is 0.833. The van der Waals surface area contributed by atoms with Crippen molar-refractivity contribution in [3.8, 4) is 0 Å². The van der Waals surface area contributed by atoms with E-state index in [0.29, 0.717) is 0 Å². The molecule has 2 rings (SSSR count). The van der Waals surface area contributed by atoms with Gasteiger partial charge in [0.2, 0.25) is 0 Å². The van der Waals surface area contributed by atoms with Gasteiger partial charge in [-0.25, -0.2) is 13.2 Å². The van der Waals surface area contributed by atoms with E-state index in [1.54, 1.807) is 7.05 Å². The van der Waals surface area contributed by atoms with Gasteiger partial charge in [0.15, 0.2) is 9.84 Å². The van der Waals surface area contributed by atoms with E-state index in [4.69, 9.17) is 4.74 Å². The molecule has 5 nitrogen and oxygen atoms in total. The maximum atomic E-state index is 11.1. The van der Waals surface area contributed by atoms with Crippen LogP contribution in [0.2, 0.25) is 0 Å². The van der Waals surface area contributed by atoms with Crippen LogP contribution in [0.4, 0.5) is 4.79 Å². The lowest BCUT2D eigenvalue weighted by Gasteiger charge is -2.11. The summed E-state index contributed by atoms with van der Waals surface area (Å²) in [6.07, 6.45) is -0.854. The number of carbonyl (C=O) groups is 1. The Labute approximate surface area is 70.2 Å². The molecule has 2 aliphatic rings. The second kappa shape index (κ2) is 2.12. The molecule has 2 fully saturated rings. The Hall–Kier alpha value is -0.780. The van der Waals surface area contributed by atoms with Gasteiger partial charge in [-0.2, -0.15) is 0 Å². The molecule has 0 saturated carbocycles. The van der Waals surface area contributed by atoms with Crippen molar-refractivity contribution in [1.82, 2.24) is 4.90 Å². The Morgan fingerprint density at radius 1 is 1.50 bits per heavy atom. The van der Waals surface area contributed by atoms with Gasteiger partial charge in [-0.05, 0) is 0 Å². The maximum absolute atomic E-state index is 11.1. The van der Waals surface area contributed by atoms with Crippen molar-refractivity contribution in [2.45, 2.75) is 12.1 Å². The van der Waals surface area contributed by atoms with Crippen LogP contribution in [0.15, 0.2) is 0 Å². The summed E-state index contributed by atoms with van der Waals surface area (Å²) in [6.45, 7) is 0. The maximum Gasteiger partial charge on any atom is 0.410 e. The monoisotopic (exact) mass is 191 g/mol.